The third-order valence-corrected chi connectivity index (χ3v) is 3.44. The zero-order chi connectivity index (χ0) is 13.5. The predicted octanol–water partition coefficient (Wildman–Crippen LogP) is 2.98. The minimum absolute atomic E-state index is 0.341. The van der Waals surface area contributed by atoms with Crippen molar-refractivity contribution in [2.45, 2.75) is 24.3 Å². The van der Waals surface area contributed by atoms with E-state index < -0.39 is 0 Å². The van der Waals surface area contributed by atoms with Crippen molar-refractivity contribution in [3.63, 3.8) is 0 Å². The molecule has 0 spiro atoms. The highest BCUT2D eigenvalue weighted by atomic mass is 32.2. The van der Waals surface area contributed by atoms with Gasteiger partial charge >= 0.3 is 0 Å². The molecule has 1 heterocycles. The number of rotatable bonds is 6. The first kappa shape index (κ1) is 13.8. The van der Waals surface area contributed by atoms with Crippen molar-refractivity contribution in [3.05, 3.63) is 47.5 Å². The van der Waals surface area contributed by atoms with Gasteiger partial charge in [0.1, 0.15) is 0 Å². The largest absolute Gasteiger partial charge is 0.335 e. The Morgan fingerprint density at radius 3 is 2.89 bits per heavy atom. The Morgan fingerprint density at radius 2 is 2.16 bits per heavy atom. The maximum Gasteiger partial charge on any atom is 0.251 e. The molecule has 1 atom stereocenters. The first-order valence-electron chi connectivity index (χ1n) is 6.16. The molecule has 1 aromatic carbocycles. The van der Waals surface area contributed by atoms with Gasteiger partial charge in [0.15, 0.2) is 5.82 Å². The number of thioether (sulfide) groups is 1. The Hall–Kier alpha value is -1.59. The highest BCUT2D eigenvalue weighted by Gasteiger charge is 2.07. The number of hydrogen-bond donors (Lipinski definition) is 1. The van der Waals surface area contributed by atoms with Crippen LogP contribution in [0.1, 0.15) is 18.6 Å². The van der Waals surface area contributed by atoms with Crippen molar-refractivity contribution in [2.75, 3.05) is 7.05 Å². The highest BCUT2D eigenvalue weighted by Crippen LogP contribution is 2.19. The predicted molar refractivity (Wildman–Crippen MR) is 77.9 cm³/mol. The van der Waals surface area contributed by atoms with Crippen LogP contribution in [0.2, 0.25) is 0 Å². The summed E-state index contributed by atoms with van der Waals surface area (Å²) in [5.74, 6) is 1.27. The van der Waals surface area contributed by atoms with E-state index in [2.05, 4.69) is 34.5 Å². The highest BCUT2D eigenvalue weighted by molar-refractivity contribution is 8.02. The fourth-order valence-corrected chi connectivity index (χ4v) is 2.12. The summed E-state index contributed by atoms with van der Waals surface area (Å²) in [6.07, 6.45) is 2.60. The van der Waals surface area contributed by atoms with Gasteiger partial charge in [0.2, 0.25) is 0 Å². The monoisotopic (exact) mass is 275 g/mol. The molecule has 2 rings (SSSR count). The van der Waals surface area contributed by atoms with Gasteiger partial charge in [0, 0.05) is 23.4 Å². The lowest BCUT2D eigenvalue weighted by molar-refractivity contribution is 0.400. The van der Waals surface area contributed by atoms with E-state index >= 15 is 0 Å². The zero-order valence-electron chi connectivity index (χ0n) is 11.0. The molecule has 0 saturated heterocycles. The van der Waals surface area contributed by atoms with Gasteiger partial charge in [-0.15, -0.1) is 0 Å². The van der Waals surface area contributed by atoms with Crippen molar-refractivity contribution in [1.29, 1.82) is 0 Å². The second-order valence-corrected chi connectivity index (χ2v) is 5.16. The van der Waals surface area contributed by atoms with Crippen LogP contribution in [0.4, 0.5) is 0 Å². The van der Waals surface area contributed by atoms with E-state index in [0.717, 1.165) is 12.2 Å². The lowest BCUT2D eigenvalue weighted by atomic mass is 10.2. The fraction of sp³-hybridized carbons (Fsp3) is 0.286. The van der Waals surface area contributed by atoms with Gasteiger partial charge in [0.05, 0.1) is 0 Å². The van der Waals surface area contributed by atoms with Crippen LogP contribution in [-0.2, 0) is 6.42 Å². The number of nitrogens with zero attached hydrogens (tertiary/aromatic N) is 2. The van der Waals surface area contributed by atoms with Crippen LogP contribution in [0.3, 0.4) is 0 Å². The fourth-order valence-electron chi connectivity index (χ4n) is 1.46. The molecule has 0 radical (unpaired) electrons. The summed E-state index contributed by atoms with van der Waals surface area (Å²) >= 11 is 1.62. The Kier molecular flexibility index (Phi) is 5.18. The second kappa shape index (κ2) is 7.11. The van der Waals surface area contributed by atoms with E-state index in [1.54, 1.807) is 11.8 Å². The van der Waals surface area contributed by atoms with Crippen LogP contribution in [-0.4, -0.2) is 23.2 Å². The van der Waals surface area contributed by atoms with Crippen LogP contribution in [0.15, 0.2) is 45.2 Å². The third kappa shape index (κ3) is 4.54. The molecule has 5 heteroatoms. The van der Waals surface area contributed by atoms with Gasteiger partial charge in [-0.05, 0) is 31.5 Å². The molecule has 100 valence electrons. The summed E-state index contributed by atoms with van der Waals surface area (Å²) in [7, 11) is 1.92. The number of benzene rings is 1. The first-order valence-corrected chi connectivity index (χ1v) is 7.04. The number of likely N-dealkylation sites (N-methyl/N-ethyl adjacent to an activating group) is 1. The van der Waals surface area contributed by atoms with Gasteiger partial charge < -0.3 is 9.84 Å². The Labute approximate surface area is 117 Å². The molecule has 0 aliphatic heterocycles. The molecular weight excluding hydrogens is 258 g/mol. The maximum absolute atomic E-state index is 5.16. The van der Waals surface area contributed by atoms with Gasteiger partial charge in [0.25, 0.3) is 5.89 Å². The SMILES string of the molecule is CNC(C)Cc1noc(/C=C/Sc2ccccc2)n1. The van der Waals surface area contributed by atoms with E-state index in [1.807, 2.05) is 36.7 Å². The van der Waals surface area contributed by atoms with Crippen molar-refractivity contribution in [2.24, 2.45) is 0 Å². The number of hydrogen-bond acceptors (Lipinski definition) is 5. The van der Waals surface area contributed by atoms with E-state index in [0.29, 0.717) is 11.9 Å². The summed E-state index contributed by atoms with van der Waals surface area (Å²) in [6, 6.07) is 10.5. The minimum atomic E-state index is 0.341. The Morgan fingerprint density at radius 1 is 1.37 bits per heavy atom. The van der Waals surface area contributed by atoms with E-state index in [-0.39, 0.29) is 0 Å². The maximum atomic E-state index is 5.16. The second-order valence-electron chi connectivity index (χ2n) is 4.18. The van der Waals surface area contributed by atoms with Crippen LogP contribution >= 0.6 is 11.8 Å². The van der Waals surface area contributed by atoms with Gasteiger partial charge in [-0.25, -0.2) is 0 Å². The van der Waals surface area contributed by atoms with Crippen LogP contribution in [0.25, 0.3) is 6.08 Å². The molecule has 2 aromatic rings. The molecule has 1 unspecified atom stereocenters. The van der Waals surface area contributed by atoms with Crippen molar-refractivity contribution in [3.8, 4) is 0 Å². The van der Waals surface area contributed by atoms with Gasteiger partial charge in [-0.2, -0.15) is 4.98 Å². The lowest BCUT2D eigenvalue weighted by Crippen LogP contribution is -2.24. The summed E-state index contributed by atoms with van der Waals surface area (Å²) in [5, 5.41) is 9.04. The topological polar surface area (TPSA) is 51.0 Å². The van der Waals surface area contributed by atoms with Gasteiger partial charge in [-0.1, -0.05) is 35.1 Å². The quantitative estimate of drug-likeness (QED) is 0.821. The Balaban J connectivity index is 1.89. The molecule has 1 N–H and O–H groups in total. The van der Waals surface area contributed by atoms with Crippen molar-refractivity contribution >= 4 is 17.8 Å². The minimum Gasteiger partial charge on any atom is -0.335 e. The molecule has 0 bridgehead atoms. The first-order chi connectivity index (χ1) is 9.28. The molecule has 0 aliphatic rings. The standard InChI is InChI=1S/C14H17N3OS/c1-11(15-2)10-13-16-14(18-17-13)8-9-19-12-6-4-3-5-7-12/h3-9,11,15H,10H2,1-2H3/b9-8+. The van der Waals surface area contributed by atoms with Crippen molar-refractivity contribution < 1.29 is 4.52 Å². The molecule has 19 heavy (non-hydrogen) atoms. The van der Waals surface area contributed by atoms with Crippen LogP contribution in [0, 0.1) is 0 Å². The van der Waals surface area contributed by atoms with E-state index in [9.17, 15) is 0 Å². The van der Waals surface area contributed by atoms with Crippen molar-refractivity contribution in [1.82, 2.24) is 15.5 Å². The molecule has 0 amide bonds. The van der Waals surface area contributed by atoms with E-state index in [4.69, 9.17) is 4.52 Å². The third-order valence-electron chi connectivity index (χ3n) is 2.62. The summed E-state index contributed by atoms with van der Waals surface area (Å²) in [5.41, 5.74) is 0. The average molecular weight is 275 g/mol. The normalized spacial score (nSPS) is 12.9. The summed E-state index contributed by atoms with van der Waals surface area (Å²) in [6.45, 7) is 2.08. The molecule has 0 aliphatic carbocycles. The summed E-state index contributed by atoms with van der Waals surface area (Å²) < 4.78 is 5.16. The average Bonchev–Trinajstić information content (AvgIpc) is 2.87. The van der Waals surface area contributed by atoms with Crippen LogP contribution < -0.4 is 5.32 Å². The molecular formula is C14H17N3OS. The molecule has 0 fully saturated rings. The number of nitrogens with one attached hydrogen (secondary N) is 1. The van der Waals surface area contributed by atoms with Gasteiger partial charge in [-0.3, -0.25) is 0 Å². The molecule has 4 nitrogen and oxygen atoms in total. The van der Waals surface area contributed by atoms with Crippen LogP contribution in [0.5, 0.6) is 0 Å². The summed E-state index contributed by atoms with van der Waals surface area (Å²) in [4.78, 5) is 5.49. The zero-order valence-corrected chi connectivity index (χ0v) is 11.9. The smallest absolute Gasteiger partial charge is 0.251 e. The molecule has 1 aromatic heterocycles. The molecule has 0 saturated carbocycles. The lowest BCUT2D eigenvalue weighted by Gasteiger charge is -2.04. The number of aromatic nitrogens is 2. The van der Waals surface area contributed by atoms with E-state index in [1.165, 1.54) is 4.90 Å². The Bertz CT molecular complexity index is 524.